The van der Waals surface area contributed by atoms with Crippen LogP contribution in [0, 0.1) is 6.92 Å². The third-order valence-corrected chi connectivity index (χ3v) is 7.59. The van der Waals surface area contributed by atoms with E-state index >= 15 is 0 Å². The van der Waals surface area contributed by atoms with Crippen LogP contribution < -0.4 is 21.5 Å². The number of anilines is 1. The number of carbonyl (C=O) groups is 3. The Kier molecular flexibility index (Phi) is 9.73. The van der Waals surface area contributed by atoms with Gasteiger partial charge in [0.05, 0.1) is 18.4 Å². The molecule has 1 aromatic heterocycles. The van der Waals surface area contributed by atoms with Gasteiger partial charge in [-0.1, -0.05) is 42.0 Å². The summed E-state index contributed by atoms with van der Waals surface area (Å²) < 4.78 is 15.3. The lowest BCUT2D eigenvalue weighted by molar-refractivity contribution is -0.126. The first-order valence-electron chi connectivity index (χ1n) is 13.3. The van der Waals surface area contributed by atoms with Crippen molar-refractivity contribution in [3.05, 3.63) is 75.8 Å². The van der Waals surface area contributed by atoms with E-state index in [-0.39, 0.29) is 34.8 Å². The number of hydrogen-bond donors (Lipinski definition) is 3. The first-order chi connectivity index (χ1) is 19.3. The number of nitrogens with zero attached hydrogens (tertiary/aromatic N) is 2. The molecule has 0 saturated carbocycles. The largest absolute Gasteiger partial charge is 0.494 e. The minimum Gasteiger partial charge on any atom is -0.494 e. The summed E-state index contributed by atoms with van der Waals surface area (Å²) in [5.74, 6) is -1.03. The van der Waals surface area contributed by atoms with Crippen molar-refractivity contribution in [3.63, 3.8) is 0 Å². The van der Waals surface area contributed by atoms with Gasteiger partial charge in [-0.2, -0.15) is 4.37 Å². The highest BCUT2D eigenvalue weighted by Gasteiger charge is 2.35. The van der Waals surface area contributed by atoms with Crippen LogP contribution in [0.25, 0.3) is 0 Å². The summed E-state index contributed by atoms with van der Waals surface area (Å²) in [7, 11) is 0. The SMILES string of the molecule is CCOc1ccc([C@H](C(=O)NC[C@@H]2CCCO2)N(CCc2cccc(C)c2)C(=O)c2snc(C(N)=O)c2N)cc1. The molecule has 2 heterocycles. The third kappa shape index (κ3) is 6.97. The number of rotatable bonds is 12. The Morgan fingerprint density at radius 1 is 1.23 bits per heavy atom. The molecular formula is C29H35N5O5S. The van der Waals surface area contributed by atoms with Crippen molar-refractivity contribution in [1.29, 1.82) is 0 Å². The Balaban J connectivity index is 1.72. The van der Waals surface area contributed by atoms with Crippen molar-refractivity contribution in [2.24, 2.45) is 5.73 Å². The van der Waals surface area contributed by atoms with Crippen LogP contribution in [0.1, 0.15) is 62.7 Å². The fourth-order valence-electron chi connectivity index (χ4n) is 4.73. The molecule has 5 N–H and O–H groups in total. The fourth-order valence-corrected chi connectivity index (χ4v) is 5.49. The molecule has 212 valence electrons. The molecule has 1 aliphatic rings. The van der Waals surface area contributed by atoms with Crippen LogP contribution in [0.2, 0.25) is 0 Å². The fraction of sp³-hybridized carbons (Fsp3) is 0.379. The van der Waals surface area contributed by atoms with Gasteiger partial charge in [0, 0.05) is 19.7 Å². The first-order valence-corrected chi connectivity index (χ1v) is 14.1. The first kappa shape index (κ1) is 29.0. The Hall–Kier alpha value is -3.96. The van der Waals surface area contributed by atoms with E-state index in [1.807, 2.05) is 38.1 Å². The van der Waals surface area contributed by atoms with Gasteiger partial charge >= 0.3 is 0 Å². The molecule has 0 unspecified atom stereocenters. The second-order valence-electron chi connectivity index (χ2n) is 9.66. The topological polar surface area (TPSA) is 150 Å². The standard InChI is InChI=1S/C29H35N5O5S/c1-3-38-21-11-9-20(10-12-21)25(28(36)32-17-22-8-5-15-39-22)34(14-13-19-7-4-6-18(2)16-19)29(37)26-23(30)24(27(31)35)33-40-26/h4,6-7,9-12,16,22,25H,3,5,8,13-15,17,30H2,1-2H3,(H2,31,35)(H,32,36)/t22-,25+/m0/s1. The van der Waals surface area contributed by atoms with Crippen LogP contribution in [-0.2, 0) is 16.0 Å². The number of nitrogens with two attached hydrogens (primary N) is 2. The van der Waals surface area contributed by atoms with Gasteiger partial charge in [0.1, 0.15) is 16.7 Å². The van der Waals surface area contributed by atoms with Gasteiger partial charge in [-0.05, 0) is 67.9 Å². The molecule has 3 aromatic rings. The van der Waals surface area contributed by atoms with Gasteiger partial charge in [-0.3, -0.25) is 14.4 Å². The van der Waals surface area contributed by atoms with Crippen molar-refractivity contribution >= 4 is 34.9 Å². The normalized spacial score (nSPS) is 15.4. The Morgan fingerprint density at radius 3 is 2.62 bits per heavy atom. The molecule has 0 spiro atoms. The summed E-state index contributed by atoms with van der Waals surface area (Å²) in [6.45, 7) is 5.59. The van der Waals surface area contributed by atoms with Crippen LogP contribution in [0.3, 0.4) is 0 Å². The van der Waals surface area contributed by atoms with Gasteiger partial charge in [-0.25, -0.2) is 0 Å². The smallest absolute Gasteiger partial charge is 0.270 e. The highest BCUT2D eigenvalue weighted by molar-refractivity contribution is 7.09. The number of amides is 3. The third-order valence-electron chi connectivity index (χ3n) is 6.74. The average Bonchev–Trinajstić information content (AvgIpc) is 3.60. The van der Waals surface area contributed by atoms with E-state index in [4.69, 9.17) is 20.9 Å². The second-order valence-corrected chi connectivity index (χ2v) is 10.4. The average molecular weight is 566 g/mol. The quantitative estimate of drug-likeness (QED) is 0.305. The van der Waals surface area contributed by atoms with Crippen LogP contribution in [0.5, 0.6) is 5.75 Å². The zero-order valence-corrected chi connectivity index (χ0v) is 23.5. The molecule has 10 nitrogen and oxygen atoms in total. The van der Waals surface area contributed by atoms with Crippen molar-refractivity contribution in [3.8, 4) is 5.75 Å². The van der Waals surface area contributed by atoms with Crippen LogP contribution in [0.4, 0.5) is 5.69 Å². The molecule has 11 heteroatoms. The van der Waals surface area contributed by atoms with E-state index in [2.05, 4.69) is 9.69 Å². The summed E-state index contributed by atoms with van der Waals surface area (Å²) in [6.07, 6.45) is 2.21. The maximum Gasteiger partial charge on any atom is 0.270 e. The van der Waals surface area contributed by atoms with Crippen molar-refractivity contribution in [1.82, 2.24) is 14.6 Å². The van der Waals surface area contributed by atoms with Gasteiger partial charge in [0.15, 0.2) is 5.69 Å². The lowest BCUT2D eigenvalue weighted by Gasteiger charge is -2.31. The minimum atomic E-state index is -0.993. The van der Waals surface area contributed by atoms with Crippen LogP contribution >= 0.6 is 11.5 Å². The molecule has 40 heavy (non-hydrogen) atoms. The van der Waals surface area contributed by atoms with Crippen molar-refractivity contribution in [2.45, 2.75) is 45.3 Å². The van der Waals surface area contributed by atoms with Crippen LogP contribution in [0.15, 0.2) is 48.5 Å². The number of carbonyl (C=O) groups excluding carboxylic acids is 3. The monoisotopic (exact) mass is 565 g/mol. The number of nitrogens with one attached hydrogen (secondary N) is 1. The van der Waals surface area contributed by atoms with E-state index in [9.17, 15) is 14.4 Å². The predicted molar refractivity (Wildman–Crippen MR) is 153 cm³/mol. The molecule has 0 aliphatic carbocycles. The maximum atomic E-state index is 14.1. The molecule has 3 amide bonds. The highest BCUT2D eigenvalue weighted by atomic mass is 32.1. The summed E-state index contributed by atoms with van der Waals surface area (Å²) in [6, 6.07) is 14.1. The van der Waals surface area contributed by atoms with E-state index in [0.717, 1.165) is 35.5 Å². The van der Waals surface area contributed by atoms with Crippen LogP contribution in [-0.4, -0.2) is 59.4 Å². The van der Waals surface area contributed by atoms with E-state index in [1.54, 1.807) is 24.3 Å². The molecule has 0 bridgehead atoms. The zero-order valence-electron chi connectivity index (χ0n) is 22.7. The number of hydrogen-bond acceptors (Lipinski definition) is 8. The van der Waals surface area contributed by atoms with E-state index < -0.39 is 17.9 Å². The molecule has 2 atom stereocenters. The maximum absolute atomic E-state index is 14.1. The number of aromatic nitrogens is 1. The van der Waals surface area contributed by atoms with Gasteiger partial charge in [0.25, 0.3) is 11.8 Å². The Morgan fingerprint density at radius 2 is 2.00 bits per heavy atom. The zero-order chi connectivity index (χ0) is 28.6. The predicted octanol–water partition coefficient (Wildman–Crippen LogP) is 3.25. The van der Waals surface area contributed by atoms with Crippen molar-refractivity contribution < 1.29 is 23.9 Å². The second kappa shape index (κ2) is 13.4. The summed E-state index contributed by atoms with van der Waals surface area (Å²) >= 11 is 0.793. The lowest BCUT2D eigenvalue weighted by atomic mass is 10.0. The van der Waals surface area contributed by atoms with Gasteiger partial charge in [0.2, 0.25) is 5.91 Å². The number of primary amides is 1. The highest BCUT2D eigenvalue weighted by Crippen LogP contribution is 2.30. The van der Waals surface area contributed by atoms with Crippen molar-refractivity contribution in [2.75, 3.05) is 32.0 Å². The molecule has 1 saturated heterocycles. The van der Waals surface area contributed by atoms with Gasteiger partial charge in [-0.15, -0.1) is 0 Å². The number of nitrogen functional groups attached to an aromatic ring is 1. The van der Waals surface area contributed by atoms with E-state index in [0.29, 0.717) is 37.5 Å². The summed E-state index contributed by atoms with van der Waals surface area (Å²) in [4.78, 5) is 41.3. The molecule has 1 aliphatic heterocycles. The molecule has 4 rings (SSSR count). The molecular weight excluding hydrogens is 530 g/mol. The molecule has 2 aromatic carbocycles. The summed E-state index contributed by atoms with van der Waals surface area (Å²) in [5.41, 5.74) is 14.0. The molecule has 1 fully saturated rings. The van der Waals surface area contributed by atoms with E-state index in [1.165, 1.54) is 4.90 Å². The Bertz CT molecular complexity index is 1340. The number of ether oxygens (including phenoxy) is 2. The Labute approximate surface area is 237 Å². The lowest BCUT2D eigenvalue weighted by Crippen LogP contribution is -2.46. The minimum absolute atomic E-state index is 0.0564. The number of benzene rings is 2. The number of aryl methyl sites for hydroxylation is 1. The molecule has 0 radical (unpaired) electrons. The van der Waals surface area contributed by atoms with Gasteiger partial charge < -0.3 is 31.2 Å². The summed E-state index contributed by atoms with van der Waals surface area (Å²) in [5, 5.41) is 2.99.